The predicted molar refractivity (Wildman–Crippen MR) is 114 cm³/mol. The highest BCUT2D eigenvalue weighted by Crippen LogP contribution is 2.32. The topological polar surface area (TPSA) is 58.6 Å². The van der Waals surface area contributed by atoms with E-state index in [0.29, 0.717) is 22.6 Å². The Morgan fingerprint density at radius 2 is 1.90 bits per heavy atom. The first kappa shape index (κ1) is 21.8. The fraction of sp³-hybridized carbons (Fsp3) is 0.273. The minimum atomic E-state index is -1.39. The standard InChI is InChI=1S/C22H22F2N2O3S/c1-22(2,21(28)25-17-11-15(23)9-10-16(17)24)26-13-29-18(12-30-3)19(20(26)27)14-7-5-4-6-8-14/h4-11H,12-13H2,1-3H3,(H,25,28). The number of nitrogens with zero attached hydrogens (tertiary/aromatic N) is 1. The van der Waals surface area contributed by atoms with Crippen molar-refractivity contribution in [3.05, 3.63) is 71.5 Å². The molecule has 2 amide bonds. The Labute approximate surface area is 178 Å². The highest BCUT2D eigenvalue weighted by Gasteiger charge is 2.43. The van der Waals surface area contributed by atoms with Crippen molar-refractivity contribution in [2.75, 3.05) is 24.1 Å². The van der Waals surface area contributed by atoms with E-state index in [1.807, 2.05) is 24.5 Å². The van der Waals surface area contributed by atoms with E-state index in [2.05, 4.69) is 5.32 Å². The molecule has 0 aliphatic carbocycles. The molecule has 0 spiro atoms. The monoisotopic (exact) mass is 432 g/mol. The first-order valence-electron chi connectivity index (χ1n) is 9.24. The fourth-order valence-corrected chi connectivity index (χ4v) is 3.56. The molecule has 1 heterocycles. The SMILES string of the molecule is CSCC1=C(c2ccccc2)C(=O)N(C(C)(C)C(=O)Nc2cc(F)ccc2F)CO1. The van der Waals surface area contributed by atoms with Gasteiger partial charge in [0.25, 0.3) is 5.91 Å². The van der Waals surface area contributed by atoms with Gasteiger partial charge in [-0.1, -0.05) is 30.3 Å². The molecule has 0 saturated heterocycles. The largest absolute Gasteiger partial charge is 0.476 e. The summed E-state index contributed by atoms with van der Waals surface area (Å²) >= 11 is 1.52. The second-order valence-corrected chi connectivity index (χ2v) is 8.11. The smallest absolute Gasteiger partial charge is 0.261 e. The molecular formula is C22H22F2N2O3S. The number of benzene rings is 2. The number of thioether (sulfide) groups is 1. The van der Waals surface area contributed by atoms with E-state index in [4.69, 9.17) is 4.74 Å². The molecule has 30 heavy (non-hydrogen) atoms. The van der Waals surface area contributed by atoms with Gasteiger partial charge in [0.15, 0.2) is 6.73 Å². The lowest BCUT2D eigenvalue weighted by Gasteiger charge is -2.40. The van der Waals surface area contributed by atoms with E-state index in [1.165, 1.54) is 30.5 Å². The van der Waals surface area contributed by atoms with Crippen molar-refractivity contribution in [3.8, 4) is 0 Å². The Kier molecular flexibility index (Phi) is 6.45. The van der Waals surface area contributed by atoms with E-state index >= 15 is 0 Å². The minimum Gasteiger partial charge on any atom is -0.476 e. The highest BCUT2D eigenvalue weighted by atomic mass is 32.2. The number of anilines is 1. The van der Waals surface area contributed by atoms with E-state index in [9.17, 15) is 18.4 Å². The van der Waals surface area contributed by atoms with Gasteiger partial charge in [-0.25, -0.2) is 8.78 Å². The number of carbonyl (C=O) groups excluding carboxylic acids is 2. The number of amides is 2. The summed E-state index contributed by atoms with van der Waals surface area (Å²) in [6.45, 7) is 2.93. The average Bonchev–Trinajstić information content (AvgIpc) is 2.71. The van der Waals surface area contributed by atoms with E-state index in [0.717, 1.165) is 18.2 Å². The number of hydrogen-bond donors (Lipinski definition) is 1. The molecule has 158 valence electrons. The molecule has 0 unspecified atom stereocenters. The summed E-state index contributed by atoms with van der Waals surface area (Å²) in [5, 5.41) is 2.38. The Bertz CT molecular complexity index is 993. The van der Waals surface area contributed by atoms with Crippen LogP contribution < -0.4 is 5.32 Å². The number of ether oxygens (including phenoxy) is 1. The second-order valence-electron chi connectivity index (χ2n) is 7.24. The lowest BCUT2D eigenvalue weighted by atomic mass is 9.96. The van der Waals surface area contributed by atoms with Crippen LogP contribution >= 0.6 is 11.8 Å². The summed E-state index contributed by atoms with van der Waals surface area (Å²) in [5.41, 5.74) is -0.612. The number of hydrogen-bond acceptors (Lipinski definition) is 4. The summed E-state index contributed by atoms with van der Waals surface area (Å²) in [5.74, 6) is -1.43. The number of halogens is 2. The quantitative estimate of drug-likeness (QED) is 0.741. The van der Waals surface area contributed by atoms with Crippen LogP contribution in [0.2, 0.25) is 0 Å². The van der Waals surface area contributed by atoms with Gasteiger partial charge < -0.3 is 10.1 Å². The summed E-state index contributed by atoms with van der Waals surface area (Å²) < 4.78 is 33.3. The van der Waals surface area contributed by atoms with Gasteiger partial charge in [0.05, 0.1) is 17.0 Å². The normalized spacial score (nSPS) is 14.6. The Morgan fingerprint density at radius 3 is 2.57 bits per heavy atom. The summed E-state index contributed by atoms with van der Waals surface area (Å²) in [6.07, 6.45) is 1.90. The van der Waals surface area contributed by atoms with Crippen LogP contribution in [0.15, 0.2) is 54.3 Å². The molecule has 0 fully saturated rings. The Balaban J connectivity index is 1.91. The van der Waals surface area contributed by atoms with Crippen LogP contribution in [-0.4, -0.2) is 41.0 Å². The van der Waals surface area contributed by atoms with Crippen LogP contribution in [0.3, 0.4) is 0 Å². The van der Waals surface area contributed by atoms with Crippen molar-refractivity contribution < 1.29 is 23.1 Å². The molecule has 1 N–H and O–H groups in total. The zero-order valence-corrected chi connectivity index (χ0v) is 17.7. The third kappa shape index (κ3) is 4.33. The molecular weight excluding hydrogens is 410 g/mol. The first-order chi connectivity index (χ1) is 14.3. The van der Waals surface area contributed by atoms with Crippen molar-refractivity contribution in [1.29, 1.82) is 0 Å². The van der Waals surface area contributed by atoms with Crippen LogP contribution in [-0.2, 0) is 14.3 Å². The summed E-state index contributed by atoms with van der Waals surface area (Å²) in [4.78, 5) is 27.6. The summed E-state index contributed by atoms with van der Waals surface area (Å²) in [7, 11) is 0. The third-order valence-corrected chi connectivity index (χ3v) is 5.40. The molecule has 1 aliphatic rings. The van der Waals surface area contributed by atoms with Gasteiger partial charge >= 0.3 is 0 Å². The van der Waals surface area contributed by atoms with Gasteiger partial charge in [-0.3, -0.25) is 14.5 Å². The van der Waals surface area contributed by atoms with Gasteiger partial charge in [0.2, 0.25) is 5.91 Å². The van der Waals surface area contributed by atoms with Gasteiger partial charge in [-0.2, -0.15) is 11.8 Å². The summed E-state index contributed by atoms with van der Waals surface area (Å²) in [6, 6.07) is 11.9. The molecule has 2 aromatic rings. The number of carbonyl (C=O) groups is 2. The first-order valence-corrected chi connectivity index (χ1v) is 10.6. The molecule has 3 rings (SSSR count). The van der Waals surface area contributed by atoms with Gasteiger partial charge in [0, 0.05) is 6.07 Å². The molecule has 0 bridgehead atoms. The van der Waals surface area contributed by atoms with Gasteiger partial charge in [0.1, 0.15) is 22.9 Å². The molecule has 8 heteroatoms. The Morgan fingerprint density at radius 1 is 1.20 bits per heavy atom. The van der Waals surface area contributed by atoms with Crippen molar-refractivity contribution in [2.45, 2.75) is 19.4 Å². The van der Waals surface area contributed by atoms with Gasteiger partial charge in [-0.15, -0.1) is 0 Å². The molecule has 0 saturated carbocycles. The second kappa shape index (κ2) is 8.87. The highest BCUT2D eigenvalue weighted by molar-refractivity contribution is 7.98. The lowest BCUT2D eigenvalue weighted by Crippen LogP contribution is -2.57. The van der Waals surface area contributed by atoms with Crippen molar-refractivity contribution >= 4 is 34.8 Å². The maximum absolute atomic E-state index is 14.0. The van der Waals surface area contributed by atoms with E-state index in [-0.39, 0.29) is 18.3 Å². The van der Waals surface area contributed by atoms with E-state index in [1.54, 1.807) is 12.1 Å². The Hall–Kier alpha value is -2.87. The van der Waals surface area contributed by atoms with Crippen LogP contribution in [0.1, 0.15) is 19.4 Å². The van der Waals surface area contributed by atoms with Crippen LogP contribution in [0.5, 0.6) is 0 Å². The molecule has 0 atom stereocenters. The molecule has 2 aromatic carbocycles. The predicted octanol–water partition coefficient (Wildman–Crippen LogP) is 4.27. The molecule has 5 nitrogen and oxygen atoms in total. The van der Waals surface area contributed by atoms with Crippen molar-refractivity contribution in [3.63, 3.8) is 0 Å². The van der Waals surface area contributed by atoms with Crippen LogP contribution in [0.25, 0.3) is 5.57 Å². The molecule has 1 aliphatic heterocycles. The lowest BCUT2D eigenvalue weighted by molar-refractivity contribution is -0.147. The molecule has 0 radical (unpaired) electrons. The van der Waals surface area contributed by atoms with Crippen molar-refractivity contribution in [1.82, 2.24) is 4.90 Å². The molecule has 0 aromatic heterocycles. The van der Waals surface area contributed by atoms with Crippen LogP contribution in [0, 0.1) is 11.6 Å². The van der Waals surface area contributed by atoms with Gasteiger partial charge in [-0.05, 0) is 37.8 Å². The van der Waals surface area contributed by atoms with Crippen molar-refractivity contribution in [2.24, 2.45) is 0 Å². The third-order valence-electron chi connectivity index (χ3n) is 4.85. The maximum Gasteiger partial charge on any atom is 0.261 e. The fourth-order valence-electron chi connectivity index (χ4n) is 3.07. The number of nitrogens with one attached hydrogen (secondary N) is 1. The van der Waals surface area contributed by atoms with E-state index < -0.39 is 23.1 Å². The maximum atomic E-state index is 14.0. The average molecular weight is 432 g/mol. The number of rotatable bonds is 6. The van der Waals surface area contributed by atoms with Crippen LogP contribution in [0.4, 0.5) is 14.5 Å². The minimum absolute atomic E-state index is 0.128. The zero-order chi connectivity index (χ0) is 21.9. The zero-order valence-electron chi connectivity index (χ0n) is 16.9.